The Kier molecular flexibility index (Phi) is 5.87. The molecular weight excluding hydrogens is 298 g/mol. The molecule has 22 heavy (non-hydrogen) atoms. The number of ether oxygens (including phenoxy) is 1. The first-order valence-corrected chi connectivity index (χ1v) is 8.43. The lowest BCUT2D eigenvalue weighted by Gasteiger charge is -2.37. The van der Waals surface area contributed by atoms with Gasteiger partial charge in [0.15, 0.2) is 0 Å². The molecule has 1 aliphatic rings. The van der Waals surface area contributed by atoms with Crippen molar-refractivity contribution < 1.29 is 9.53 Å². The molecular formula is C18H26ClNO2. The van der Waals surface area contributed by atoms with Gasteiger partial charge in [-0.25, -0.2) is 0 Å². The van der Waals surface area contributed by atoms with Crippen LogP contribution in [0.5, 0.6) is 0 Å². The predicted octanol–water partition coefficient (Wildman–Crippen LogP) is 3.84. The molecule has 0 bridgehead atoms. The number of nitrogens with one attached hydrogen (secondary N) is 1. The highest BCUT2D eigenvalue weighted by Crippen LogP contribution is 2.25. The molecule has 0 radical (unpaired) electrons. The summed E-state index contributed by atoms with van der Waals surface area (Å²) in [7, 11) is 0. The fourth-order valence-corrected chi connectivity index (χ4v) is 2.89. The molecule has 1 atom stereocenters. The Hall–Kier alpha value is -1.06. The van der Waals surface area contributed by atoms with Gasteiger partial charge in [-0.3, -0.25) is 4.79 Å². The summed E-state index contributed by atoms with van der Waals surface area (Å²) < 4.78 is 5.34. The van der Waals surface area contributed by atoms with Gasteiger partial charge in [-0.1, -0.05) is 37.6 Å². The van der Waals surface area contributed by atoms with Crippen molar-refractivity contribution in [3.63, 3.8) is 0 Å². The second kappa shape index (κ2) is 7.47. The molecule has 1 unspecified atom stereocenters. The van der Waals surface area contributed by atoms with Gasteiger partial charge in [0.25, 0.3) is 0 Å². The summed E-state index contributed by atoms with van der Waals surface area (Å²) in [5.41, 5.74) is 0.927. The Bertz CT molecular complexity index is 494. The van der Waals surface area contributed by atoms with E-state index in [-0.39, 0.29) is 17.4 Å². The summed E-state index contributed by atoms with van der Waals surface area (Å²) in [6.45, 7) is 7.81. The van der Waals surface area contributed by atoms with Crippen LogP contribution in [0.15, 0.2) is 24.3 Å². The lowest BCUT2D eigenvalue weighted by Crippen LogP contribution is -2.53. The minimum Gasteiger partial charge on any atom is -0.381 e. The number of halogens is 1. The fourth-order valence-electron chi connectivity index (χ4n) is 2.76. The van der Waals surface area contributed by atoms with E-state index in [4.69, 9.17) is 16.3 Å². The average molecular weight is 324 g/mol. The molecule has 1 saturated heterocycles. The van der Waals surface area contributed by atoms with Crippen LogP contribution in [0.4, 0.5) is 0 Å². The molecule has 1 N–H and O–H groups in total. The van der Waals surface area contributed by atoms with Gasteiger partial charge in [0, 0.05) is 29.7 Å². The van der Waals surface area contributed by atoms with Crippen LogP contribution in [0.1, 0.15) is 39.2 Å². The first kappa shape index (κ1) is 17.3. The van der Waals surface area contributed by atoms with Crippen LogP contribution in [0, 0.1) is 11.8 Å². The number of carbonyl (C=O) groups excluding carboxylic acids is 1. The fraction of sp³-hybridized carbons (Fsp3) is 0.611. The van der Waals surface area contributed by atoms with Crippen molar-refractivity contribution in [2.75, 3.05) is 13.2 Å². The third-order valence-electron chi connectivity index (χ3n) is 4.76. The lowest BCUT2D eigenvalue weighted by atomic mass is 9.81. The molecule has 1 aromatic rings. The molecule has 0 aromatic heterocycles. The number of benzene rings is 1. The van der Waals surface area contributed by atoms with Crippen LogP contribution in [-0.2, 0) is 16.0 Å². The van der Waals surface area contributed by atoms with Crippen LogP contribution < -0.4 is 5.32 Å². The third-order valence-corrected chi connectivity index (χ3v) is 5.01. The molecule has 3 nitrogen and oxygen atoms in total. The largest absolute Gasteiger partial charge is 0.381 e. The molecule has 1 aliphatic heterocycles. The molecule has 1 aromatic carbocycles. The predicted molar refractivity (Wildman–Crippen MR) is 90.1 cm³/mol. The van der Waals surface area contributed by atoms with Crippen molar-refractivity contribution in [2.45, 2.75) is 45.6 Å². The summed E-state index contributed by atoms with van der Waals surface area (Å²) in [5, 5.41) is 4.04. The van der Waals surface area contributed by atoms with E-state index in [1.165, 1.54) is 5.56 Å². The van der Waals surface area contributed by atoms with E-state index in [0.717, 1.165) is 24.3 Å². The Morgan fingerprint density at radius 2 is 1.91 bits per heavy atom. The summed E-state index contributed by atoms with van der Waals surface area (Å²) in [6, 6.07) is 7.86. The van der Waals surface area contributed by atoms with E-state index in [2.05, 4.69) is 26.1 Å². The first-order valence-electron chi connectivity index (χ1n) is 8.05. The number of hydrogen-bond donors (Lipinski definition) is 1. The molecule has 0 saturated carbocycles. The number of carbonyl (C=O) groups is 1. The zero-order chi connectivity index (χ0) is 16.2. The van der Waals surface area contributed by atoms with Crippen molar-refractivity contribution >= 4 is 17.5 Å². The van der Waals surface area contributed by atoms with Crippen LogP contribution in [0.25, 0.3) is 0 Å². The smallest absolute Gasteiger partial charge is 0.223 e. The van der Waals surface area contributed by atoms with Crippen molar-refractivity contribution in [2.24, 2.45) is 11.8 Å². The molecule has 1 amide bonds. The minimum absolute atomic E-state index is 0.0806. The van der Waals surface area contributed by atoms with E-state index in [1.807, 2.05) is 24.3 Å². The second-order valence-electron chi connectivity index (χ2n) is 6.75. The lowest BCUT2D eigenvalue weighted by molar-refractivity contribution is -0.130. The summed E-state index contributed by atoms with van der Waals surface area (Å²) in [5.74, 6) is 0.581. The number of rotatable bonds is 5. The molecule has 4 heteroatoms. The highest BCUT2D eigenvalue weighted by Gasteiger charge is 2.33. The maximum absolute atomic E-state index is 12.6. The summed E-state index contributed by atoms with van der Waals surface area (Å²) in [6.07, 6.45) is 2.44. The highest BCUT2D eigenvalue weighted by molar-refractivity contribution is 6.30. The average Bonchev–Trinajstić information content (AvgIpc) is 2.50. The van der Waals surface area contributed by atoms with E-state index >= 15 is 0 Å². The van der Waals surface area contributed by atoms with Gasteiger partial charge in [-0.2, -0.15) is 0 Å². The maximum Gasteiger partial charge on any atom is 0.223 e. The van der Waals surface area contributed by atoms with Crippen LogP contribution in [0.2, 0.25) is 5.02 Å². The standard InChI is InChI=1S/C18H26ClNO2/c1-13(2)18(3,12-14-4-6-16(19)7-5-14)20-17(21)15-8-10-22-11-9-15/h4-7,13,15H,8-12H2,1-3H3,(H,20,21). The first-order chi connectivity index (χ1) is 10.4. The van der Waals surface area contributed by atoms with E-state index in [1.54, 1.807) is 0 Å². The number of hydrogen-bond acceptors (Lipinski definition) is 2. The highest BCUT2D eigenvalue weighted by atomic mass is 35.5. The minimum atomic E-state index is -0.261. The molecule has 1 heterocycles. The van der Waals surface area contributed by atoms with Gasteiger partial charge in [0.1, 0.15) is 0 Å². The van der Waals surface area contributed by atoms with Gasteiger partial charge in [0.2, 0.25) is 5.91 Å². The molecule has 2 rings (SSSR count). The molecule has 1 fully saturated rings. The third kappa shape index (κ3) is 4.47. The van der Waals surface area contributed by atoms with E-state index < -0.39 is 0 Å². The Labute approximate surface area is 138 Å². The van der Waals surface area contributed by atoms with Crippen molar-refractivity contribution in [1.82, 2.24) is 5.32 Å². The van der Waals surface area contributed by atoms with E-state index in [9.17, 15) is 4.79 Å². The van der Waals surface area contributed by atoms with E-state index in [0.29, 0.717) is 19.1 Å². The number of amides is 1. The Morgan fingerprint density at radius 3 is 2.45 bits per heavy atom. The van der Waals surface area contributed by atoms with Gasteiger partial charge in [0.05, 0.1) is 0 Å². The van der Waals surface area contributed by atoms with Gasteiger partial charge in [-0.05, 0) is 49.8 Å². The van der Waals surface area contributed by atoms with Crippen LogP contribution in [-0.4, -0.2) is 24.7 Å². The SMILES string of the molecule is CC(C)C(C)(Cc1ccc(Cl)cc1)NC(=O)C1CCOCC1. The maximum atomic E-state index is 12.6. The van der Waals surface area contributed by atoms with Crippen molar-refractivity contribution in [3.8, 4) is 0 Å². The zero-order valence-electron chi connectivity index (χ0n) is 13.7. The topological polar surface area (TPSA) is 38.3 Å². The summed E-state index contributed by atoms with van der Waals surface area (Å²) in [4.78, 5) is 12.6. The molecule has 0 spiro atoms. The van der Waals surface area contributed by atoms with Crippen LogP contribution >= 0.6 is 11.6 Å². The normalized spacial score (nSPS) is 19.0. The molecule has 0 aliphatic carbocycles. The molecule has 122 valence electrons. The quantitative estimate of drug-likeness (QED) is 0.894. The van der Waals surface area contributed by atoms with Gasteiger partial charge in [-0.15, -0.1) is 0 Å². The Balaban J connectivity index is 2.06. The summed E-state index contributed by atoms with van der Waals surface area (Å²) >= 11 is 5.95. The van der Waals surface area contributed by atoms with Crippen molar-refractivity contribution in [1.29, 1.82) is 0 Å². The van der Waals surface area contributed by atoms with Crippen molar-refractivity contribution in [3.05, 3.63) is 34.9 Å². The van der Waals surface area contributed by atoms with Gasteiger partial charge < -0.3 is 10.1 Å². The van der Waals surface area contributed by atoms with Gasteiger partial charge >= 0.3 is 0 Å². The van der Waals surface area contributed by atoms with Crippen LogP contribution in [0.3, 0.4) is 0 Å². The Morgan fingerprint density at radius 1 is 1.32 bits per heavy atom. The second-order valence-corrected chi connectivity index (χ2v) is 7.19. The zero-order valence-corrected chi connectivity index (χ0v) is 14.5. The monoisotopic (exact) mass is 323 g/mol.